The highest BCUT2D eigenvalue weighted by Crippen LogP contribution is 2.33. The largest absolute Gasteiger partial charge is 0.495 e. The standard InChI is InChI=1S/C11H12OS/c1-7-4-9-10(12-3)6-13-11(9)5-8(7)2/h4-6H,1-3H3. The van der Waals surface area contributed by atoms with Gasteiger partial charge < -0.3 is 4.74 Å². The van der Waals surface area contributed by atoms with Gasteiger partial charge in [0.1, 0.15) is 5.75 Å². The molecule has 1 nitrogen and oxygen atoms in total. The summed E-state index contributed by atoms with van der Waals surface area (Å²) < 4.78 is 6.58. The van der Waals surface area contributed by atoms with E-state index >= 15 is 0 Å². The van der Waals surface area contributed by atoms with E-state index in [2.05, 4.69) is 31.4 Å². The second-order valence-electron chi connectivity index (χ2n) is 3.24. The number of hydrogen-bond donors (Lipinski definition) is 0. The summed E-state index contributed by atoms with van der Waals surface area (Å²) in [6.45, 7) is 4.27. The quantitative estimate of drug-likeness (QED) is 0.671. The van der Waals surface area contributed by atoms with Gasteiger partial charge in [-0.25, -0.2) is 0 Å². The molecule has 1 aromatic heterocycles. The van der Waals surface area contributed by atoms with Gasteiger partial charge in [0.15, 0.2) is 0 Å². The van der Waals surface area contributed by atoms with Crippen molar-refractivity contribution < 1.29 is 4.74 Å². The number of rotatable bonds is 1. The van der Waals surface area contributed by atoms with Crippen LogP contribution in [0.15, 0.2) is 17.5 Å². The average Bonchev–Trinajstić information content (AvgIpc) is 2.48. The molecule has 0 radical (unpaired) electrons. The Hall–Kier alpha value is -1.02. The molecule has 0 aliphatic carbocycles. The van der Waals surface area contributed by atoms with E-state index in [-0.39, 0.29) is 0 Å². The highest BCUT2D eigenvalue weighted by atomic mass is 32.1. The maximum atomic E-state index is 5.27. The fourth-order valence-electron chi connectivity index (χ4n) is 1.42. The lowest BCUT2D eigenvalue weighted by Gasteiger charge is -2.01. The number of fused-ring (bicyclic) bond motifs is 1. The first-order valence-corrected chi connectivity index (χ1v) is 5.13. The Bertz CT molecular complexity index is 443. The first-order chi connectivity index (χ1) is 6.22. The maximum absolute atomic E-state index is 5.27. The van der Waals surface area contributed by atoms with Crippen molar-refractivity contribution in [3.8, 4) is 5.75 Å². The molecule has 1 aromatic carbocycles. The van der Waals surface area contributed by atoms with E-state index in [4.69, 9.17) is 4.74 Å². The summed E-state index contributed by atoms with van der Waals surface area (Å²) in [6, 6.07) is 4.41. The van der Waals surface area contributed by atoms with Gasteiger partial charge in [-0.1, -0.05) is 0 Å². The van der Waals surface area contributed by atoms with Crippen LogP contribution in [0.25, 0.3) is 10.1 Å². The number of aryl methyl sites for hydroxylation is 2. The van der Waals surface area contributed by atoms with Gasteiger partial charge in [-0.3, -0.25) is 0 Å². The maximum Gasteiger partial charge on any atom is 0.137 e. The van der Waals surface area contributed by atoms with Crippen molar-refractivity contribution in [2.24, 2.45) is 0 Å². The van der Waals surface area contributed by atoms with Crippen LogP contribution >= 0.6 is 11.3 Å². The molecular formula is C11H12OS. The SMILES string of the molecule is COc1csc2cc(C)c(C)cc12. The molecule has 0 aliphatic rings. The molecule has 68 valence electrons. The van der Waals surface area contributed by atoms with Crippen LogP contribution in [0.4, 0.5) is 0 Å². The first kappa shape index (κ1) is 8.57. The summed E-state index contributed by atoms with van der Waals surface area (Å²) in [4.78, 5) is 0. The summed E-state index contributed by atoms with van der Waals surface area (Å²) in [5.74, 6) is 0.989. The minimum Gasteiger partial charge on any atom is -0.495 e. The van der Waals surface area contributed by atoms with Crippen LogP contribution in [0.2, 0.25) is 0 Å². The Morgan fingerprint density at radius 1 is 1.15 bits per heavy atom. The molecule has 2 rings (SSSR count). The molecule has 13 heavy (non-hydrogen) atoms. The second kappa shape index (κ2) is 3.04. The summed E-state index contributed by atoms with van der Waals surface area (Å²) >= 11 is 1.74. The summed E-state index contributed by atoms with van der Waals surface area (Å²) in [7, 11) is 1.72. The number of thiophene rings is 1. The van der Waals surface area contributed by atoms with Crippen molar-refractivity contribution in [3.05, 3.63) is 28.6 Å². The van der Waals surface area contributed by atoms with E-state index in [1.165, 1.54) is 21.2 Å². The third-order valence-electron chi connectivity index (χ3n) is 2.37. The van der Waals surface area contributed by atoms with Gasteiger partial charge in [0, 0.05) is 15.5 Å². The van der Waals surface area contributed by atoms with Crippen molar-refractivity contribution in [2.75, 3.05) is 7.11 Å². The fraction of sp³-hybridized carbons (Fsp3) is 0.273. The average molecular weight is 192 g/mol. The smallest absolute Gasteiger partial charge is 0.137 e. The molecule has 0 fully saturated rings. The van der Waals surface area contributed by atoms with Gasteiger partial charge in [-0.05, 0) is 37.1 Å². The molecule has 0 bridgehead atoms. The zero-order chi connectivity index (χ0) is 9.42. The van der Waals surface area contributed by atoms with Gasteiger partial charge in [0.2, 0.25) is 0 Å². The topological polar surface area (TPSA) is 9.23 Å². The van der Waals surface area contributed by atoms with Gasteiger partial charge >= 0.3 is 0 Å². The van der Waals surface area contributed by atoms with Crippen LogP contribution in [-0.2, 0) is 0 Å². The lowest BCUT2D eigenvalue weighted by Crippen LogP contribution is -1.82. The predicted octanol–water partition coefficient (Wildman–Crippen LogP) is 3.53. The van der Waals surface area contributed by atoms with Gasteiger partial charge in [-0.2, -0.15) is 0 Å². The Morgan fingerprint density at radius 3 is 2.54 bits per heavy atom. The lowest BCUT2D eigenvalue weighted by molar-refractivity contribution is 0.421. The molecule has 2 aromatic rings. The van der Waals surface area contributed by atoms with Gasteiger partial charge in [0.25, 0.3) is 0 Å². The molecule has 0 atom stereocenters. The molecule has 0 N–H and O–H groups in total. The van der Waals surface area contributed by atoms with Crippen molar-refractivity contribution in [1.29, 1.82) is 0 Å². The van der Waals surface area contributed by atoms with Crippen LogP contribution in [0, 0.1) is 13.8 Å². The molecule has 0 spiro atoms. The Kier molecular flexibility index (Phi) is 2.00. The Labute approximate surface area is 82.0 Å². The van der Waals surface area contributed by atoms with Crippen LogP contribution < -0.4 is 4.74 Å². The third-order valence-corrected chi connectivity index (χ3v) is 3.30. The van der Waals surface area contributed by atoms with E-state index < -0.39 is 0 Å². The predicted molar refractivity (Wildman–Crippen MR) is 57.9 cm³/mol. The first-order valence-electron chi connectivity index (χ1n) is 4.25. The highest BCUT2D eigenvalue weighted by Gasteiger charge is 2.05. The number of methoxy groups -OCH3 is 1. The molecule has 0 unspecified atom stereocenters. The van der Waals surface area contributed by atoms with E-state index in [0.717, 1.165) is 5.75 Å². The molecule has 1 heterocycles. The normalized spacial score (nSPS) is 10.7. The summed E-state index contributed by atoms with van der Waals surface area (Å²) in [6.07, 6.45) is 0. The minimum absolute atomic E-state index is 0.989. The summed E-state index contributed by atoms with van der Waals surface area (Å²) in [5.41, 5.74) is 2.67. The summed E-state index contributed by atoms with van der Waals surface area (Å²) in [5, 5.41) is 3.29. The molecular weight excluding hydrogens is 180 g/mol. The number of hydrogen-bond acceptors (Lipinski definition) is 2. The van der Waals surface area contributed by atoms with Gasteiger partial charge in [0.05, 0.1) is 7.11 Å². The third kappa shape index (κ3) is 1.31. The molecule has 0 aliphatic heterocycles. The van der Waals surface area contributed by atoms with Crippen LogP contribution in [0.5, 0.6) is 5.75 Å². The zero-order valence-corrected chi connectivity index (χ0v) is 8.87. The molecule has 0 amide bonds. The van der Waals surface area contributed by atoms with Crippen LogP contribution in [0.1, 0.15) is 11.1 Å². The van der Waals surface area contributed by atoms with Gasteiger partial charge in [-0.15, -0.1) is 11.3 Å². The minimum atomic E-state index is 0.989. The lowest BCUT2D eigenvalue weighted by atomic mass is 10.1. The van der Waals surface area contributed by atoms with Crippen LogP contribution in [0.3, 0.4) is 0 Å². The van der Waals surface area contributed by atoms with Crippen molar-refractivity contribution in [3.63, 3.8) is 0 Å². The second-order valence-corrected chi connectivity index (χ2v) is 4.15. The molecule has 0 saturated heterocycles. The van der Waals surface area contributed by atoms with Crippen molar-refractivity contribution in [2.45, 2.75) is 13.8 Å². The highest BCUT2D eigenvalue weighted by molar-refractivity contribution is 7.17. The fourth-order valence-corrected chi connectivity index (χ4v) is 2.41. The van der Waals surface area contributed by atoms with Crippen molar-refractivity contribution >= 4 is 21.4 Å². The number of benzene rings is 1. The van der Waals surface area contributed by atoms with E-state index in [0.29, 0.717) is 0 Å². The monoisotopic (exact) mass is 192 g/mol. The number of ether oxygens (including phenoxy) is 1. The van der Waals surface area contributed by atoms with E-state index in [1.54, 1.807) is 18.4 Å². The Morgan fingerprint density at radius 2 is 1.85 bits per heavy atom. The van der Waals surface area contributed by atoms with E-state index in [9.17, 15) is 0 Å². The van der Waals surface area contributed by atoms with Crippen LogP contribution in [-0.4, -0.2) is 7.11 Å². The molecule has 2 heteroatoms. The molecule has 0 saturated carbocycles. The van der Waals surface area contributed by atoms with Crippen molar-refractivity contribution in [1.82, 2.24) is 0 Å². The Balaban J connectivity index is 2.77. The van der Waals surface area contributed by atoms with E-state index in [1.807, 2.05) is 0 Å². The zero-order valence-electron chi connectivity index (χ0n) is 8.05.